The number of amides is 2. The molecular formula is C60H92N2O6. The van der Waals surface area contributed by atoms with Crippen molar-refractivity contribution in [3.63, 3.8) is 0 Å². The van der Waals surface area contributed by atoms with Gasteiger partial charge in [-0.15, -0.1) is 0 Å². The van der Waals surface area contributed by atoms with Gasteiger partial charge >= 0.3 is 11.9 Å². The molecule has 10 atom stereocenters. The maximum atomic E-state index is 14.6. The maximum absolute atomic E-state index is 14.6. The number of carboxylic acid groups (broad SMARTS) is 1. The second-order valence-electron chi connectivity index (χ2n) is 23.6. The van der Waals surface area contributed by atoms with Crippen molar-refractivity contribution >= 4 is 23.8 Å². The van der Waals surface area contributed by atoms with Crippen molar-refractivity contribution in [2.75, 3.05) is 13.1 Å². The van der Waals surface area contributed by atoms with E-state index in [2.05, 4.69) is 139 Å². The Morgan fingerprint density at radius 3 is 1.82 bits per heavy atom. The van der Waals surface area contributed by atoms with Gasteiger partial charge in [0, 0.05) is 24.9 Å². The highest BCUT2D eigenvalue weighted by Gasteiger charge is 2.72. The number of ether oxygens (including phenoxy) is 1. The first-order chi connectivity index (χ1) is 32.2. The second kappa shape index (κ2) is 23.8. The molecule has 3 N–H and O–H groups in total. The lowest BCUT2D eigenvalue weighted by molar-refractivity contribution is -0.249. The van der Waals surface area contributed by atoms with Gasteiger partial charge in [0.05, 0.1) is 17.3 Å². The molecule has 0 aromatic rings. The Bertz CT molecular complexity index is 1950. The SMILES string of the molecule is C=C(C)C1CCC2(C(=O)NCCNC(=O)CCC=CCC=CCC=CCC=CCC=CCC=CCC)CCC3(C)C(CCC4C5(C)CCC(OC(=O)CC(C)(C)C(=O)O)C(C)(C)C5CCC43C)C12. The van der Waals surface area contributed by atoms with Crippen LogP contribution in [0.1, 0.15) is 184 Å². The van der Waals surface area contributed by atoms with Crippen LogP contribution < -0.4 is 10.6 Å². The fourth-order valence-electron chi connectivity index (χ4n) is 14.9. The van der Waals surface area contributed by atoms with Crippen molar-refractivity contribution in [2.45, 2.75) is 190 Å². The van der Waals surface area contributed by atoms with Gasteiger partial charge in [0.2, 0.25) is 11.8 Å². The highest BCUT2D eigenvalue weighted by molar-refractivity contribution is 5.84. The lowest BCUT2D eigenvalue weighted by Crippen LogP contribution is -2.67. The fourth-order valence-corrected chi connectivity index (χ4v) is 14.9. The number of nitrogens with one attached hydrogen (secondary N) is 2. The Morgan fingerprint density at radius 2 is 1.25 bits per heavy atom. The van der Waals surface area contributed by atoms with E-state index in [-0.39, 0.29) is 51.9 Å². The number of hydrogen-bond acceptors (Lipinski definition) is 5. The fraction of sp³-hybridized carbons (Fsp3) is 0.700. The number of carboxylic acids is 1. The van der Waals surface area contributed by atoms with Gasteiger partial charge in [0.1, 0.15) is 6.10 Å². The van der Waals surface area contributed by atoms with Gasteiger partial charge in [-0.25, -0.2) is 0 Å². The van der Waals surface area contributed by atoms with Crippen LogP contribution in [0.25, 0.3) is 0 Å². The molecule has 5 fully saturated rings. The van der Waals surface area contributed by atoms with Crippen molar-refractivity contribution in [1.82, 2.24) is 10.6 Å². The van der Waals surface area contributed by atoms with Crippen molar-refractivity contribution in [3.8, 4) is 0 Å². The summed E-state index contributed by atoms with van der Waals surface area (Å²) < 4.78 is 6.20. The summed E-state index contributed by atoms with van der Waals surface area (Å²) in [7, 11) is 0. The van der Waals surface area contributed by atoms with E-state index in [1.807, 2.05) is 0 Å². The molecule has 2 amide bonds. The molecule has 0 aromatic heterocycles. The van der Waals surface area contributed by atoms with Gasteiger partial charge in [0.15, 0.2) is 0 Å². The Balaban J connectivity index is 1.09. The van der Waals surface area contributed by atoms with Crippen LogP contribution in [0, 0.1) is 62.1 Å². The van der Waals surface area contributed by atoms with E-state index in [1.165, 1.54) is 5.57 Å². The molecule has 378 valence electrons. The molecule has 0 aromatic carbocycles. The van der Waals surface area contributed by atoms with Gasteiger partial charge in [-0.2, -0.15) is 0 Å². The zero-order valence-electron chi connectivity index (χ0n) is 43.9. The first-order valence-electron chi connectivity index (χ1n) is 26.7. The Hall–Kier alpha value is -3.94. The van der Waals surface area contributed by atoms with Gasteiger partial charge in [-0.1, -0.05) is 127 Å². The lowest BCUT2D eigenvalue weighted by atomic mass is 9.32. The van der Waals surface area contributed by atoms with E-state index >= 15 is 0 Å². The minimum absolute atomic E-state index is 0.0116. The smallest absolute Gasteiger partial charge is 0.309 e. The van der Waals surface area contributed by atoms with Crippen molar-refractivity contribution < 1.29 is 29.0 Å². The molecule has 5 aliphatic rings. The summed E-state index contributed by atoms with van der Waals surface area (Å²) in [6.45, 7) is 25.2. The van der Waals surface area contributed by atoms with E-state index in [4.69, 9.17) is 4.74 Å². The molecule has 0 spiro atoms. The van der Waals surface area contributed by atoms with E-state index < -0.39 is 22.8 Å². The lowest BCUT2D eigenvalue weighted by Gasteiger charge is -2.72. The summed E-state index contributed by atoms with van der Waals surface area (Å²) in [6, 6.07) is 0. The molecule has 0 heterocycles. The third-order valence-corrected chi connectivity index (χ3v) is 18.8. The highest BCUT2D eigenvalue weighted by atomic mass is 16.5. The summed E-state index contributed by atoms with van der Waals surface area (Å²) in [5, 5.41) is 16.0. The van der Waals surface area contributed by atoms with Crippen molar-refractivity contribution in [2.24, 2.45) is 62.1 Å². The van der Waals surface area contributed by atoms with Crippen LogP contribution in [0.3, 0.4) is 0 Å². The Kier molecular flexibility index (Phi) is 19.2. The standard InChI is InChI=1S/C60H92N2O6/c1-11-12-13-14-15-16-17-18-19-20-21-22-23-24-25-26-27-28-29-30-50(63)61-41-42-62-53(65)60-38-33-45(44(2)3)52(60)46-31-32-48-57(8)36-35-49(68-51(64)43-55(4,5)54(66)67)56(6,7)47(57)34-37-59(48,10)58(46,9)39-40-60/h12-13,15-16,18-19,21-22,24-25,27-28,45-49,52H,2,11,14,17,20,23,26,29-43H2,1,3-10H3,(H,61,63)(H,62,65)(H,66,67). The van der Waals surface area contributed by atoms with Crippen LogP contribution >= 0.6 is 0 Å². The zero-order chi connectivity index (χ0) is 49.8. The molecule has 5 aliphatic carbocycles. The Labute approximate surface area is 412 Å². The number of carbonyl (C=O) groups is 4. The zero-order valence-corrected chi connectivity index (χ0v) is 43.9. The predicted molar refractivity (Wildman–Crippen MR) is 278 cm³/mol. The minimum atomic E-state index is -1.17. The number of rotatable bonds is 23. The molecule has 10 unspecified atom stereocenters. The normalized spacial score (nSPS) is 33.5. The van der Waals surface area contributed by atoms with Crippen LogP contribution in [-0.4, -0.2) is 48.1 Å². The number of fused-ring (bicyclic) bond motifs is 7. The molecule has 0 bridgehead atoms. The number of esters is 1. The first-order valence-corrected chi connectivity index (χ1v) is 26.7. The summed E-state index contributed by atoms with van der Waals surface area (Å²) in [5.74, 6) is 0.674. The van der Waals surface area contributed by atoms with Gasteiger partial charge in [-0.05, 0) is 176 Å². The average molecular weight is 937 g/mol. The third kappa shape index (κ3) is 12.1. The molecule has 0 saturated heterocycles. The molecule has 0 aliphatic heterocycles. The van der Waals surface area contributed by atoms with Crippen LogP contribution in [0.5, 0.6) is 0 Å². The Morgan fingerprint density at radius 1 is 0.676 bits per heavy atom. The van der Waals surface area contributed by atoms with Crippen molar-refractivity contribution in [1.29, 1.82) is 0 Å². The summed E-state index contributed by atoms with van der Waals surface area (Å²) in [5.41, 5.74) is -0.355. The van der Waals surface area contributed by atoms with Crippen LogP contribution in [0.2, 0.25) is 0 Å². The highest BCUT2D eigenvalue weighted by Crippen LogP contribution is 2.77. The van der Waals surface area contributed by atoms with Gasteiger partial charge in [0.25, 0.3) is 0 Å². The quantitative estimate of drug-likeness (QED) is 0.0533. The van der Waals surface area contributed by atoms with Gasteiger partial charge in [-0.3, -0.25) is 19.2 Å². The predicted octanol–water partition coefficient (Wildman–Crippen LogP) is 13.8. The summed E-state index contributed by atoms with van der Waals surface area (Å²) in [4.78, 5) is 52.3. The van der Waals surface area contributed by atoms with Crippen LogP contribution in [0.4, 0.5) is 0 Å². The van der Waals surface area contributed by atoms with Crippen LogP contribution in [0.15, 0.2) is 85.1 Å². The van der Waals surface area contributed by atoms with E-state index in [0.717, 1.165) is 103 Å². The monoisotopic (exact) mass is 937 g/mol. The molecule has 5 saturated carbocycles. The number of allylic oxidation sites excluding steroid dienone is 13. The topological polar surface area (TPSA) is 122 Å². The molecule has 0 radical (unpaired) electrons. The number of aliphatic carboxylic acids is 1. The van der Waals surface area contributed by atoms with E-state index in [1.54, 1.807) is 13.8 Å². The molecule has 68 heavy (non-hydrogen) atoms. The van der Waals surface area contributed by atoms with Gasteiger partial charge < -0.3 is 20.5 Å². The summed E-state index contributed by atoms with van der Waals surface area (Å²) >= 11 is 0. The molecular weight excluding hydrogens is 845 g/mol. The van der Waals surface area contributed by atoms with Crippen molar-refractivity contribution in [3.05, 3.63) is 85.1 Å². The third-order valence-electron chi connectivity index (χ3n) is 18.8. The van der Waals surface area contributed by atoms with Crippen LogP contribution in [-0.2, 0) is 23.9 Å². The minimum Gasteiger partial charge on any atom is -0.481 e. The molecule has 8 heteroatoms. The number of hydrogen-bond donors (Lipinski definition) is 3. The van der Waals surface area contributed by atoms with E-state index in [0.29, 0.717) is 49.6 Å². The summed E-state index contributed by atoms with van der Waals surface area (Å²) in [6.07, 6.45) is 42.8. The maximum Gasteiger partial charge on any atom is 0.309 e. The first kappa shape index (κ1) is 55.0. The average Bonchev–Trinajstić information content (AvgIpc) is 3.68. The largest absolute Gasteiger partial charge is 0.481 e. The molecule has 5 rings (SSSR count). The molecule has 8 nitrogen and oxygen atoms in total. The second-order valence-corrected chi connectivity index (χ2v) is 23.6. The van der Waals surface area contributed by atoms with E-state index in [9.17, 15) is 24.3 Å². The number of carbonyl (C=O) groups excluding carboxylic acids is 3.